The fourth-order valence-corrected chi connectivity index (χ4v) is 4.14. The van der Waals surface area contributed by atoms with Crippen molar-refractivity contribution < 1.29 is 0 Å². The summed E-state index contributed by atoms with van der Waals surface area (Å²) >= 11 is 0. The molecule has 1 aliphatic carbocycles. The van der Waals surface area contributed by atoms with Gasteiger partial charge in [0.15, 0.2) is 0 Å². The monoisotopic (exact) mass is 282 g/mol. The fourth-order valence-electron chi connectivity index (χ4n) is 4.14. The Morgan fingerprint density at radius 3 is 2.76 bits per heavy atom. The molecule has 0 aliphatic heterocycles. The second-order valence-electron chi connectivity index (χ2n) is 7.19. The molecule has 0 bridgehead atoms. The van der Waals surface area contributed by atoms with Gasteiger partial charge in [-0.3, -0.25) is 4.98 Å². The van der Waals surface area contributed by atoms with Crippen LogP contribution in [0.4, 0.5) is 0 Å². The lowest BCUT2D eigenvalue weighted by molar-refractivity contribution is 0.108. The van der Waals surface area contributed by atoms with Crippen molar-refractivity contribution in [2.24, 2.45) is 23.5 Å². The molecule has 2 heteroatoms. The molecule has 1 aromatic heterocycles. The van der Waals surface area contributed by atoms with Gasteiger partial charge in [-0.1, -0.05) is 45.4 Å². The van der Waals surface area contributed by atoms with E-state index in [4.69, 9.17) is 5.73 Å². The van der Waals surface area contributed by atoms with Gasteiger partial charge in [0.05, 0.1) is 5.52 Å². The molecule has 2 nitrogen and oxygen atoms in total. The average molecular weight is 282 g/mol. The van der Waals surface area contributed by atoms with Crippen LogP contribution in [0.5, 0.6) is 0 Å². The van der Waals surface area contributed by atoms with E-state index in [1.165, 1.54) is 23.8 Å². The molecule has 1 heterocycles. The van der Waals surface area contributed by atoms with E-state index >= 15 is 0 Å². The summed E-state index contributed by atoms with van der Waals surface area (Å²) in [5, 5.41) is 1.19. The van der Waals surface area contributed by atoms with E-state index in [9.17, 15) is 0 Å². The summed E-state index contributed by atoms with van der Waals surface area (Å²) < 4.78 is 0. The molecule has 2 aromatic rings. The number of aromatic nitrogens is 1. The van der Waals surface area contributed by atoms with Crippen LogP contribution in [-0.4, -0.2) is 4.98 Å². The highest BCUT2D eigenvalue weighted by molar-refractivity contribution is 5.79. The van der Waals surface area contributed by atoms with E-state index in [0.29, 0.717) is 17.8 Å². The Morgan fingerprint density at radius 1 is 1.24 bits per heavy atom. The standard InChI is InChI=1S/C19H26N2/c1-13(2)17-9-8-14(3)11-19(17,20)16-10-15-6-4-5-7-18(15)21-12-16/h4-7,10,12-14,17H,8-9,11,20H2,1-3H3. The van der Waals surface area contributed by atoms with Crippen LogP contribution in [0.15, 0.2) is 36.5 Å². The van der Waals surface area contributed by atoms with E-state index in [1.54, 1.807) is 0 Å². The van der Waals surface area contributed by atoms with Gasteiger partial charge in [0.25, 0.3) is 0 Å². The average Bonchev–Trinajstić information content (AvgIpc) is 2.46. The van der Waals surface area contributed by atoms with Gasteiger partial charge in [-0.05, 0) is 48.3 Å². The predicted octanol–water partition coefficient (Wildman–Crippen LogP) is 4.48. The number of nitrogens with two attached hydrogens (primary N) is 1. The molecule has 1 aromatic carbocycles. The molecule has 2 N–H and O–H groups in total. The van der Waals surface area contributed by atoms with Crippen LogP contribution >= 0.6 is 0 Å². The summed E-state index contributed by atoms with van der Waals surface area (Å²) in [4.78, 5) is 4.64. The Labute approximate surface area is 127 Å². The number of rotatable bonds is 2. The normalized spacial score (nSPS) is 30.0. The molecule has 0 radical (unpaired) electrons. The summed E-state index contributed by atoms with van der Waals surface area (Å²) in [6.07, 6.45) is 5.59. The van der Waals surface area contributed by atoms with Gasteiger partial charge in [-0.15, -0.1) is 0 Å². The van der Waals surface area contributed by atoms with Crippen LogP contribution in [0, 0.1) is 17.8 Å². The lowest BCUT2D eigenvalue weighted by Crippen LogP contribution is -2.50. The topological polar surface area (TPSA) is 38.9 Å². The van der Waals surface area contributed by atoms with Crippen LogP contribution in [0.3, 0.4) is 0 Å². The van der Waals surface area contributed by atoms with Crippen LogP contribution < -0.4 is 5.73 Å². The van der Waals surface area contributed by atoms with Crippen LogP contribution in [-0.2, 0) is 5.54 Å². The summed E-state index contributed by atoms with van der Waals surface area (Å²) in [6, 6.07) is 10.6. The Kier molecular flexibility index (Phi) is 3.75. The maximum absolute atomic E-state index is 6.97. The third-order valence-corrected chi connectivity index (χ3v) is 5.25. The zero-order valence-electron chi connectivity index (χ0n) is 13.3. The lowest BCUT2D eigenvalue weighted by Gasteiger charge is -2.46. The number of pyridine rings is 1. The highest BCUT2D eigenvalue weighted by Gasteiger charge is 2.42. The first-order chi connectivity index (χ1) is 10.0. The Bertz CT molecular complexity index is 634. The molecule has 0 spiro atoms. The molecule has 1 saturated carbocycles. The van der Waals surface area contributed by atoms with E-state index in [-0.39, 0.29) is 5.54 Å². The van der Waals surface area contributed by atoms with E-state index < -0.39 is 0 Å². The maximum atomic E-state index is 6.97. The van der Waals surface area contributed by atoms with Crippen molar-refractivity contribution in [2.75, 3.05) is 0 Å². The molecule has 1 aliphatic rings. The largest absolute Gasteiger partial charge is 0.321 e. The van der Waals surface area contributed by atoms with Gasteiger partial charge in [-0.25, -0.2) is 0 Å². The van der Waals surface area contributed by atoms with Crippen molar-refractivity contribution >= 4 is 10.9 Å². The Hall–Kier alpha value is -1.41. The number of para-hydroxylation sites is 1. The second-order valence-corrected chi connectivity index (χ2v) is 7.19. The van der Waals surface area contributed by atoms with E-state index in [0.717, 1.165) is 11.9 Å². The molecule has 0 amide bonds. The molecule has 21 heavy (non-hydrogen) atoms. The first kappa shape index (κ1) is 14.5. The quantitative estimate of drug-likeness (QED) is 0.882. The zero-order chi connectivity index (χ0) is 15.0. The first-order valence-electron chi connectivity index (χ1n) is 8.15. The number of benzene rings is 1. The summed E-state index contributed by atoms with van der Waals surface area (Å²) in [7, 11) is 0. The van der Waals surface area contributed by atoms with Crippen molar-refractivity contribution in [3.05, 3.63) is 42.1 Å². The third kappa shape index (κ3) is 2.57. The summed E-state index contributed by atoms with van der Waals surface area (Å²) in [5.74, 6) is 1.84. The van der Waals surface area contributed by atoms with Crippen molar-refractivity contribution in [2.45, 2.75) is 45.6 Å². The fraction of sp³-hybridized carbons (Fsp3) is 0.526. The molecular formula is C19H26N2. The van der Waals surface area contributed by atoms with Crippen molar-refractivity contribution in [1.82, 2.24) is 4.98 Å². The number of fused-ring (bicyclic) bond motifs is 1. The molecule has 112 valence electrons. The van der Waals surface area contributed by atoms with Gasteiger partial charge in [0.2, 0.25) is 0 Å². The molecule has 3 rings (SSSR count). The van der Waals surface area contributed by atoms with Crippen molar-refractivity contribution in [3.8, 4) is 0 Å². The SMILES string of the molecule is CC1CCC(C(C)C)C(N)(c2cnc3ccccc3c2)C1. The van der Waals surface area contributed by atoms with E-state index in [2.05, 4.69) is 50.0 Å². The minimum absolute atomic E-state index is 0.233. The van der Waals surface area contributed by atoms with Gasteiger partial charge in [0, 0.05) is 17.1 Å². The van der Waals surface area contributed by atoms with Crippen LogP contribution in [0.2, 0.25) is 0 Å². The Morgan fingerprint density at radius 2 is 2.00 bits per heavy atom. The van der Waals surface area contributed by atoms with Gasteiger partial charge in [-0.2, -0.15) is 0 Å². The van der Waals surface area contributed by atoms with Crippen LogP contribution in [0.25, 0.3) is 10.9 Å². The molecular weight excluding hydrogens is 256 g/mol. The summed E-state index contributed by atoms with van der Waals surface area (Å²) in [5.41, 5.74) is 9.00. The minimum atomic E-state index is -0.233. The minimum Gasteiger partial charge on any atom is -0.321 e. The van der Waals surface area contributed by atoms with Crippen molar-refractivity contribution in [3.63, 3.8) is 0 Å². The van der Waals surface area contributed by atoms with Gasteiger partial charge in [0.1, 0.15) is 0 Å². The maximum Gasteiger partial charge on any atom is 0.0702 e. The first-order valence-corrected chi connectivity index (χ1v) is 8.15. The second kappa shape index (κ2) is 5.42. The predicted molar refractivity (Wildman–Crippen MR) is 89.0 cm³/mol. The number of hydrogen-bond acceptors (Lipinski definition) is 2. The summed E-state index contributed by atoms with van der Waals surface area (Å²) in [6.45, 7) is 6.93. The van der Waals surface area contributed by atoms with Gasteiger partial charge >= 0.3 is 0 Å². The third-order valence-electron chi connectivity index (χ3n) is 5.25. The van der Waals surface area contributed by atoms with Crippen LogP contribution in [0.1, 0.15) is 45.6 Å². The Balaban J connectivity index is 2.07. The van der Waals surface area contributed by atoms with Gasteiger partial charge < -0.3 is 5.73 Å². The lowest BCUT2D eigenvalue weighted by atomic mass is 9.63. The number of hydrogen-bond donors (Lipinski definition) is 1. The molecule has 1 fully saturated rings. The van der Waals surface area contributed by atoms with Crippen molar-refractivity contribution in [1.29, 1.82) is 0 Å². The highest BCUT2D eigenvalue weighted by Crippen LogP contribution is 2.45. The number of nitrogens with zero attached hydrogens (tertiary/aromatic N) is 1. The molecule has 3 unspecified atom stereocenters. The molecule has 3 atom stereocenters. The molecule has 0 saturated heterocycles. The smallest absolute Gasteiger partial charge is 0.0702 e. The zero-order valence-corrected chi connectivity index (χ0v) is 13.3. The highest BCUT2D eigenvalue weighted by atomic mass is 14.8. The van der Waals surface area contributed by atoms with E-state index in [1.807, 2.05) is 12.3 Å².